The molecule has 0 aliphatic carbocycles. The van der Waals surface area contributed by atoms with Crippen LogP contribution in [-0.4, -0.2) is 88.8 Å². The zero-order valence-electron chi connectivity index (χ0n) is 20.9. The molecule has 0 bridgehead atoms. The first-order valence-electron chi connectivity index (χ1n) is 12.5. The number of piperazine rings is 1. The molecule has 3 aromatic rings. The normalized spacial score (nSPS) is 19.4. The van der Waals surface area contributed by atoms with Crippen LogP contribution >= 0.6 is 12.4 Å². The number of rotatable bonds is 5. The predicted octanol–water partition coefficient (Wildman–Crippen LogP) is 2.87. The smallest absolute Gasteiger partial charge is 0.254 e. The maximum atomic E-state index is 13.9. The number of nitrogens with one attached hydrogen (secondary N) is 2. The molecular formula is C27H35ClN6O2. The molecule has 2 aliphatic heterocycles. The lowest BCUT2D eigenvalue weighted by molar-refractivity contribution is -0.140. The summed E-state index contributed by atoms with van der Waals surface area (Å²) >= 11 is 0. The van der Waals surface area contributed by atoms with Crippen molar-refractivity contribution in [2.75, 3.05) is 46.3 Å². The van der Waals surface area contributed by atoms with E-state index in [1.165, 1.54) is 12.8 Å². The summed E-state index contributed by atoms with van der Waals surface area (Å²) in [6.07, 6.45) is 5.86. The number of hydrogen-bond acceptors (Lipinski definition) is 5. The number of fused-ring (bicyclic) bond motifs is 1. The molecule has 0 unspecified atom stereocenters. The van der Waals surface area contributed by atoms with Crippen molar-refractivity contribution >= 4 is 35.1 Å². The highest BCUT2D eigenvalue weighted by molar-refractivity contribution is 6.01. The summed E-state index contributed by atoms with van der Waals surface area (Å²) in [6.45, 7) is 7.04. The van der Waals surface area contributed by atoms with Gasteiger partial charge in [-0.3, -0.25) is 19.5 Å². The Kier molecular flexibility index (Phi) is 7.97. The Morgan fingerprint density at radius 3 is 2.47 bits per heavy atom. The van der Waals surface area contributed by atoms with Crippen LogP contribution in [0, 0.1) is 0 Å². The zero-order valence-corrected chi connectivity index (χ0v) is 21.8. The molecule has 2 aliphatic rings. The number of halogens is 1. The number of hydrogen-bond donors (Lipinski definition) is 2. The van der Waals surface area contributed by atoms with Crippen molar-refractivity contribution in [3.8, 4) is 0 Å². The van der Waals surface area contributed by atoms with Crippen molar-refractivity contribution in [3.63, 3.8) is 0 Å². The maximum Gasteiger partial charge on any atom is 0.254 e. The Labute approximate surface area is 218 Å². The van der Waals surface area contributed by atoms with Gasteiger partial charge < -0.3 is 20.1 Å². The molecule has 0 saturated carbocycles. The van der Waals surface area contributed by atoms with Crippen molar-refractivity contribution < 1.29 is 9.59 Å². The lowest BCUT2D eigenvalue weighted by Crippen LogP contribution is -2.61. The van der Waals surface area contributed by atoms with Crippen LogP contribution in [0.4, 0.5) is 0 Å². The molecule has 1 atom stereocenters. The number of aromatic amines is 1. The van der Waals surface area contributed by atoms with Crippen molar-refractivity contribution in [1.29, 1.82) is 0 Å². The number of H-pyrrole nitrogens is 1. The molecule has 2 N–H and O–H groups in total. The monoisotopic (exact) mass is 510 g/mol. The molecule has 5 rings (SSSR count). The van der Waals surface area contributed by atoms with Crippen LogP contribution in [0.1, 0.15) is 35.8 Å². The first-order chi connectivity index (χ1) is 16.9. The van der Waals surface area contributed by atoms with Crippen LogP contribution in [0.25, 0.3) is 10.9 Å². The summed E-state index contributed by atoms with van der Waals surface area (Å²) in [5, 5.41) is 4.07. The second-order valence-corrected chi connectivity index (χ2v) is 9.94. The third kappa shape index (κ3) is 5.26. The average Bonchev–Trinajstić information content (AvgIpc) is 3.37. The first kappa shape index (κ1) is 26.1. The fraction of sp³-hybridized carbons (Fsp3) is 0.444. The lowest BCUT2D eigenvalue weighted by Gasteiger charge is -2.44. The molecule has 0 radical (unpaired) electrons. The summed E-state index contributed by atoms with van der Waals surface area (Å²) in [5.41, 5.74) is 0.659. The van der Waals surface area contributed by atoms with Crippen LogP contribution in [-0.2, 0) is 10.3 Å². The Morgan fingerprint density at radius 2 is 1.78 bits per heavy atom. The van der Waals surface area contributed by atoms with Crippen molar-refractivity contribution in [3.05, 3.63) is 66.1 Å². The Morgan fingerprint density at radius 1 is 1.03 bits per heavy atom. The van der Waals surface area contributed by atoms with Gasteiger partial charge in [-0.15, -0.1) is 12.4 Å². The maximum absolute atomic E-state index is 13.9. The van der Waals surface area contributed by atoms with E-state index in [1.807, 2.05) is 41.4 Å². The van der Waals surface area contributed by atoms with Crippen LogP contribution < -0.4 is 5.32 Å². The minimum absolute atomic E-state index is 0. The third-order valence-electron chi connectivity index (χ3n) is 7.59. The number of nitrogens with zero attached hydrogens (tertiary/aromatic N) is 4. The molecule has 2 amide bonds. The van der Waals surface area contributed by atoms with E-state index in [4.69, 9.17) is 0 Å². The summed E-state index contributed by atoms with van der Waals surface area (Å²) in [6, 6.07) is 13.5. The van der Waals surface area contributed by atoms with E-state index in [0.717, 1.165) is 37.1 Å². The van der Waals surface area contributed by atoms with Gasteiger partial charge in [-0.05, 0) is 75.6 Å². The molecule has 36 heavy (non-hydrogen) atoms. The van der Waals surface area contributed by atoms with Gasteiger partial charge >= 0.3 is 0 Å². The van der Waals surface area contributed by atoms with Gasteiger partial charge in [0, 0.05) is 55.7 Å². The van der Waals surface area contributed by atoms with Gasteiger partial charge in [0.05, 0.1) is 5.69 Å². The second kappa shape index (κ2) is 11.0. The number of aromatic nitrogens is 2. The minimum atomic E-state index is -1.27. The van der Waals surface area contributed by atoms with Crippen molar-refractivity contribution in [1.82, 2.24) is 30.0 Å². The number of carbonyl (C=O) groups excluding carboxylic acids is 2. The summed E-state index contributed by atoms with van der Waals surface area (Å²) in [4.78, 5) is 41.7. The number of benzene rings is 1. The Bertz CT molecular complexity index is 1190. The number of likely N-dealkylation sites (tertiary alicyclic amines) is 1. The highest BCUT2D eigenvalue weighted by atomic mass is 35.5. The topological polar surface area (TPSA) is 84.6 Å². The number of pyridine rings is 1. The number of carbonyl (C=O) groups is 2. The summed E-state index contributed by atoms with van der Waals surface area (Å²) in [5.74, 6) is -0.415. The highest BCUT2D eigenvalue weighted by Gasteiger charge is 2.42. The van der Waals surface area contributed by atoms with E-state index in [1.54, 1.807) is 25.3 Å². The molecule has 192 valence electrons. The SMILES string of the molecule is CN1CCC(N2CCN(C(=O)[C@@](C)(NC(=O)c3ccc4cc[nH]c4c3)c3ccccn3)CC2)CC1.Cl. The quantitative estimate of drug-likeness (QED) is 0.551. The molecule has 2 fully saturated rings. The van der Waals surface area contributed by atoms with E-state index in [2.05, 4.69) is 32.1 Å². The van der Waals surface area contributed by atoms with Gasteiger partial charge in [0.25, 0.3) is 11.8 Å². The standard InChI is InChI=1S/C27H34N6O2.ClH/c1-27(24-5-3-4-11-29-24,30-25(34)21-7-6-20-8-12-28-23(20)19-21)26(35)33-17-15-32(16-18-33)22-9-13-31(2)14-10-22;/h3-8,11-12,19,22,28H,9-10,13-18H2,1-2H3,(H,30,34);1H/t27-;/m0./s1. The molecule has 2 aromatic heterocycles. The second-order valence-electron chi connectivity index (χ2n) is 9.94. The van der Waals surface area contributed by atoms with Gasteiger partial charge in [-0.2, -0.15) is 0 Å². The minimum Gasteiger partial charge on any atom is -0.361 e. The van der Waals surface area contributed by atoms with Gasteiger partial charge in [-0.25, -0.2) is 0 Å². The van der Waals surface area contributed by atoms with Gasteiger partial charge in [-0.1, -0.05) is 12.1 Å². The van der Waals surface area contributed by atoms with Gasteiger partial charge in [0.15, 0.2) is 5.54 Å². The van der Waals surface area contributed by atoms with Gasteiger partial charge in [0.2, 0.25) is 0 Å². The highest BCUT2D eigenvalue weighted by Crippen LogP contribution is 2.25. The molecule has 0 spiro atoms. The van der Waals surface area contributed by atoms with Crippen LogP contribution in [0.5, 0.6) is 0 Å². The molecule has 9 heteroatoms. The van der Waals surface area contributed by atoms with Gasteiger partial charge in [0.1, 0.15) is 0 Å². The molecule has 1 aromatic carbocycles. The van der Waals surface area contributed by atoms with Crippen LogP contribution in [0.2, 0.25) is 0 Å². The van der Waals surface area contributed by atoms with E-state index in [9.17, 15) is 9.59 Å². The van der Waals surface area contributed by atoms with Crippen molar-refractivity contribution in [2.24, 2.45) is 0 Å². The van der Waals surface area contributed by atoms with E-state index >= 15 is 0 Å². The van der Waals surface area contributed by atoms with Crippen molar-refractivity contribution in [2.45, 2.75) is 31.3 Å². The van der Waals surface area contributed by atoms with E-state index in [0.29, 0.717) is 30.4 Å². The Balaban J connectivity index is 0.00000304. The summed E-state index contributed by atoms with van der Waals surface area (Å²) in [7, 11) is 2.18. The fourth-order valence-electron chi connectivity index (χ4n) is 5.34. The first-order valence-corrected chi connectivity index (χ1v) is 12.5. The lowest BCUT2D eigenvalue weighted by atomic mass is 9.93. The molecule has 2 saturated heterocycles. The van der Waals surface area contributed by atoms with E-state index in [-0.39, 0.29) is 24.2 Å². The molecular weight excluding hydrogens is 476 g/mol. The fourth-order valence-corrected chi connectivity index (χ4v) is 5.34. The number of piperidine rings is 1. The largest absolute Gasteiger partial charge is 0.361 e. The van der Waals surface area contributed by atoms with Crippen LogP contribution in [0.15, 0.2) is 54.9 Å². The van der Waals surface area contributed by atoms with E-state index < -0.39 is 5.54 Å². The Hall–Kier alpha value is -2.94. The molecule has 4 heterocycles. The number of amides is 2. The predicted molar refractivity (Wildman–Crippen MR) is 143 cm³/mol. The molecule has 8 nitrogen and oxygen atoms in total. The van der Waals surface area contributed by atoms with Crippen LogP contribution in [0.3, 0.4) is 0 Å². The summed E-state index contributed by atoms with van der Waals surface area (Å²) < 4.78 is 0. The zero-order chi connectivity index (χ0) is 24.4. The average molecular weight is 511 g/mol. The third-order valence-corrected chi connectivity index (χ3v) is 7.59.